The first-order valence-corrected chi connectivity index (χ1v) is 8.74. The molecule has 114 valence electrons. The summed E-state index contributed by atoms with van der Waals surface area (Å²) >= 11 is 1.91. The summed E-state index contributed by atoms with van der Waals surface area (Å²) in [5, 5.41) is 6.82. The molecule has 4 heteroatoms. The van der Waals surface area contributed by atoms with Gasteiger partial charge in [0.05, 0.1) is 0 Å². The zero-order chi connectivity index (χ0) is 14.7. The Hall–Kier alpha value is -0.380. The molecule has 0 atom stereocenters. The summed E-state index contributed by atoms with van der Waals surface area (Å²) in [5.41, 5.74) is 0.310. The number of hydrogen-bond donors (Lipinski definition) is 2. The maximum Gasteiger partial charge on any atom is 0.190 e. The van der Waals surface area contributed by atoms with Crippen LogP contribution in [0.1, 0.15) is 47.0 Å². The number of thioether (sulfide) groups is 1. The summed E-state index contributed by atoms with van der Waals surface area (Å²) in [5.74, 6) is 2.91. The predicted octanol–water partition coefficient (Wildman–Crippen LogP) is 3.37. The minimum Gasteiger partial charge on any atom is -0.356 e. The third kappa shape index (κ3) is 11.2. The Labute approximate surface area is 124 Å². The molecule has 0 unspecified atom stereocenters. The van der Waals surface area contributed by atoms with Crippen LogP contribution >= 0.6 is 11.8 Å². The normalized spacial score (nSPS) is 12.9. The number of nitrogens with zero attached hydrogens (tertiary/aromatic N) is 1. The maximum absolute atomic E-state index is 4.28. The quantitative estimate of drug-likeness (QED) is 0.388. The third-order valence-electron chi connectivity index (χ3n) is 2.99. The number of guanidine groups is 1. The van der Waals surface area contributed by atoms with Crippen LogP contribution in [0.15, 0.2) is 4.99 Å². The van der Waals surface area contributed by atoms with Crippen molar-refractivity contribution in [2.24, 2.45) is 16.3 Å². The van der Waals surface area contributed by atoms with Crippen LogP contribution in [-0.2, 0) is 0 Å². The van der Waals surface area contributed by atoms with Gasteiger partial charge < -0.3 is 10.6 Å². The van der Waals surface area contributed by atoms with Crippen LogP contribution in [-0.4, -0.2) is 38.1 Å². The van der Waals surface area contributed by atoms with E-state index in [-0.39, 0.29) is 0 Å². The monoisotopic (exact) mass is 287 g/mol. The maximum atomic E-state index is 4.28. The van der Waals surface area contributed by atoms with Gasteiger partial charge in [-0.15, -0.1) is 0 Å². The van der Waals surface area contributed by atoms with Gasteiger partial charge in [0.25, 0.3) is 0 Å². The van der Waals surface area contributed by atoms with E-state index in [0.717, 1.165) is 25.0 Å². The lowest BCUT2D eigenvalue weighted by atomic mass is 9.84. The van der Waals surface area contributed by atoms with E-state index in [1.165, 1.54) is 25.0 Å². The molecule has 0 fully saturated rings. The van der Waals surface area contributed by atoms with Crippen molar-refractivity contribution in [2.75, 3.05) is 32.1 Å². The van der Waals surface area contributed by atoms with E-state index in [1.54, 1.807) is 0 Å². The van der Waals surface area contributed by atoms with Crippen LogP contribution in [0.4, 0.5) is 0 Å². The van der Waals surface area contributed by atoms with Crippen LogP contribution in [0.2, 0.25) is 0 Å². The van der Waals surface area contributed by atoms with Gasteiger partial charge in [0.15, 0.2) is 5.96 Å². The second kappa shape index (κ2) is 10.4. The van der Waals surface area contributed by atoms with Gasteiger partial charge in [-0.1, -0.05) is 27.7 Å². The molecule has 0 aromatic heterocycles. The first kappa shape index (κ1) is 18.6. The SMILES string of the molecule is CN=C(NCCCCSC)NCC(C)(C)CC(C)C. The molecule has 0 aliphatic rings. The summed E-state index contributed by atoms with van der Waals surface area (Å²) in [6, 6.07) is 0. The Kier molecular flexibility index (Phi) is 10.2. The summed E-state index contributed by atoms with van der Waals surface area (Å²) in [4.78, 5) is 4.28. The van der Waals surface area contributed by atoms with E-state index in [4.69, 9.17) is 0 Å². The minimum atomic E-state index is 0.310. The van der Waals surface area contributed by atoms with E-state index in [0.29, 0.717) is 5.41 Å². The van der Waals surface area contributed by atoms with E-state index < -0.39 is 0 Å². The van der Waals surface area contributed by atoms with Crippen LogP contribution < -0.4 is 10.6 Å². The Balaban J connectivity index is 3.87. The van der Waals surface area contributed by atoms with E-state index in [2.05, 4.69) is 49.6 Å². The van der Waals surface area contributed by atoms with Crippen molar-refractivity contribution >= 4 is 17.7 Å². The van der Waals surface area contributed by atoms with Gasteiger partial charge in [-0.05, 0) is 42.6 Å². The first-order valence-electron chi connectivity index (χ1n) is 7.34. The molecule has 2 N–H and O–H groups in total. The van der Waals surface area contributed by atoms with Crippen LogP contribution in [0.5, 0.6) is 0 Å². The van der Waals surface area contributed by atoms with Gasteiger partial charge in [0, 0.05) is 20.1 Å². The van der Waals surface area contributed by atoms with Crippen molar-refractivity contribution in [1.82, 2.24) is 10.6 Å². The highest BCUT2D eigenvalue weighted by molar-refractivity contribution is 7.98. The van der Waals surface area contributed by atoms with Crippen molar-refractivity contribution in [3.05, 3.63) is 0 Å². The van der Waals surface area contributed by atoms with E-state index in [9.17, 15) is 0 Å². The molecular weight excluding hydrogens is 254 g/mol. The van der Waals surface area contributed by atoms with Crippen molar-refractivity contribution in [3.63, 3.8) is 0 Å². The lowest BCUT2D eigenvalue weighted by Crippen LogP contribution is -2.42. The van der Waals surface area contributed by atoms with Gasteiger partial charge in [-0.25, -0.2) is 0 Å². The zero-order valence-electron chi connectivity index (χ0n) is 13.7. The molecule has 0 heterocycles. The molecule has 0 aromatic rings. The van der Waals surface area contributed by atoms with E-state index in [1.807, 2.05) is 18.8 Å². The molecule has 0 aliphatic carbocycles. The predicted molar refractivity (Wildman–Crippen MR) is 90.2 cm³/mol. The number of nitrogens with one attached hydrogen (secondary N) is 2. The molecule has 0 radical (unpaired) electrons. The molecule has 0 amide bonds. The smallest absolute Gasteiger partial charge is 0.190 e. The fourth-order valence-electron chi connectivity index (χ4n) is 2.30. The lowest BCUT2D eigenvalue weighted by Gasteiger charge is -2.28. The number of hydrogen-bond acceptors (Lipinski definition) is 2. The van der Waals surface area contributed by atoms with Crippen molar-refractivity contribution < 1.29 is 0 Å². The Bertz CT molecular complexity index is 250. The van der Waals surface area contributed by atoms with Crippen LogP contribution in [0.25, 0.3) is 0 Å². The van der Waals surface area contributed by atoms with Crippen molar-refractivity contribution in [3.8, 4) is 0 Å². The van der Waals surface area contributed by atoms with E-state index >= 15 is 0 Å². The topological polar surface area (TPSA) is 36.4 Å². The van der Waals surface area contributed by atoms with Gasteiger partial charge in [0.1, 0.15) is 0 Å². The molecule has 0 aliphatic heterocycles. The second-order valence-corrected chi connectivity index (χ2v) is 7.30. The van der Waals surface area contributed by atoms with Gasteiger partial charge in [-0.3, -0.25) is 4.99 Å². The highest BCUT2D eigenvalue weighted by Gasteiger charge is 2.19. The molecular formula is C15H33N3S. The molecule has 0 bridgehead atoms. The van der Waals surface area contributed by atoms with Crippen LogP contribution in [0, 0.1) is 11.3 Å². The second-order valence-electron chi connectivity index (χ2n) is 6.31. The zero-order valence-corrected chi connectivity index (χ0v) is 14.5. The number of aliphatic imine (C=N–C) groups is 1. The first-order chi connectivity index (χ1) is 8.91. The molecule has 0 rings (SSSR count). The molecule has 0 spiro atoms. The Morgan fingerprint density at radius 1 is 1.21 bits per heavy atom. The summed E-state index contributed by atoms with van der Waals surface area (Å²) in [6.07, 6.45) is 5.86. The molecule has 3 nitrogen and oxygen atoms in total. The number of rotatable bonds is 9. The average Bonchev–Trinajstić information content (AvgIpc) is 2.31. The van der Waals surface area contributed by atoms with Crippen molar-refractivity contribution in [1.29, 1.82) is 0 Å². The molecule has 0 aromatic carbocycles. The highest BCUT2D eigenvalue weighted by atomic mass is 32.2. The van der Waals surface area contributed by atoms with Crippen molar-refractivity contribution in [2.45, 2.75) is 47.0 Å². The van der Waals surface area contributed by atoms with Gasteiger partial charge in [0.2, 0.25) is 0 Å². The minimum absolute atomic E-state index is 0.310. The molecule has 0 saturated carbocycles. The summed E-state index contributed by atoms with van der Waals surface area (Å²) in [7, 11) is 1.84. The summed E-state index contributed by atoms with van der Waals surface area (Å²) < 4.78 is 0. The highest BCUT2D eigenvalue weighted by Crippen LogP contribution is 2.23. The van der Waals surface area contributed by atoms with Gasteiger partial charge in [-0.2, -0.15) is 11.8 Å². The Morgan fingerprint density at radius 2 is 1.89 bits per heavy atom. The lowest BCUT2D eigenvalue weighted by molar-refractivity contribution is 0.286. The number of unbranched alkanes of at least 4 members (excludes halogenated alkanes) is 1. The third-order valence-corrected chi connectivity index (χ3v) is 3.68. The van der Waals surface area contributed by atoms with Gasteiger partial charge >= 0.3 is 0 Å². The fraction of sp³-hybridized carbons (Fsp3) is 0.933. The standard InChI is InChI=1S/C15H33N3S/c1-13(2)11-15(3,4)12-18-14(16-5)17-9-7-8-10-19-6/h13H,7-12H2,1-6H3,(H2,16,17,18). The Morgan fingerprint density at radius 3 is 2.42 bits per heavy atom. The average molecular weight is 288 g/mol. The van der Waals surface area contributed by atoms with Crippen LogP contribution in [0.3, 0.4) is 0 Å². The largest absolute Gasteiger partial charge is 0.356 e. The molecule has 0 saturated heterocycles. The molecule has 19 heavy (non-hydrogen) atoms. The summed E-state index contributed by atoms with van der Waals surface area (Å²) in [6.45, 7) is 11.2. The fourth-order valence-corrected chi connectivity index (χ4v) is 2.79.